The van der Waals surface area contributed by atoms with E-state index in [1.54, 1.807) is 0 Å². The number of ether oxygens (including phenoxy) is 1. The molecule has 2 fully saturated rings. The van der Waals surface area contributed by atoms with E-state index >= 15 is 0 Å². The molecule has 0 aromatic heterocycles. The normalized spacial score (nSPS) is 27.0. The molecule has 6 heteroatoms. The van der Waals surface area contributed by atoms with Gasteiger partial charge in [0.05, 0.1) is 17.9 Å². The van der Waals surface area contributed by atoms with Gasteiger partial charge in [-0.3, -0.25) is 9.59 Å². The fraction of sp³-hybridized carbons (Fsp3) is 0.471. The number of hydrogen-bond acceptors (Lipinski definition) is 4. The molecule has 2 aliphatic heterocycles. The molecule has 2 aliphatic rings. The van der Waals surface area contributed by atoms with Gasteiger partial charge in [0, 0.05) is 6.54 Å². The second-order valence-corrected chi connectivity index (χ2v) is 6.00. The van der Waals surface area contributed by atoms with Gasteiger partial charge >= 0.3 is 6.09 Å². The van der Waals surface area contributed by atoms with Gasteiger partial charge in [-0.15, -0.1) is 0 Å². The third-order valence-corrected chi connectivity index (χ3v) is 4.59. The summed E-state index contributed by atoms with van der Waals surface area (Å²) in [6, 6.07) is 9.37. The molecule has 0 bridgehead atoms. The Hall–Kier alpha value is -2.37. The standard InChI is InChI=1S/C17H20N2O4/c1-2-13-14(9-18-15(13)20)16(21)19-12(10-23-17(19)22)8-11-6-4-3-5-7-11/h3-7,12-14H,2,8-10H2,1H3,(H,18,20)/t12?,13-,14+/m0/s1. The summed E-state index contributed by atoms with van der Waals surface area (Å²) in [5, 5.41) is 2.72. The van der Waals surface area contributed by atoms with Crippen LogP contribution in [0.25, 0.3) is 0 Å². The van der Waals surface area contributed by atoms with Gasteiger partial charge in [-0.1, -0.05) is 37.3 Å². The minimum atomic E-state index is -0.606. The minimum absolute atomic E-state index is 0.113. The summed E-state index contributed by atoms with van der Waals surface area (Å²) in [5.41, 5.74) is 1.04. The fourth-order valence-electron chi connectivity index (χ4n) is 3.34. The Morgan fingerprint density at radius 2 is 2.04 bits per heavy atom. The quantitative estimate of drug-likeness (QED) is 0.910. The number of carbonyl (C=O) groups is 3. The van der Waals surface area contributed by atoms with E-state index in [1.807, 2.05) is 37.3 Å². The van der Waals surface area contributed by atoms with Crippen molar-refractivity contribution in [2.24, 2.45) is 11.8 Å². The van der Waals surface area contributed by atoms with Crippen molar-refractivity contribution in [2.75, 3.05) is 13.2 Å². The molecule has 0 radical (unpaired) electrons. The minimum Gasteiger partial charge on any atom is -0.447 e. The summed E-state index contributed by atoms with van der Waals surface area (Å²) in [6.07, 6.45) is 0.530. The van der Waals surface area contributed by atoms with Crippen LogP contribution in [-0.4, -0.2) is 42.0 Å². The van der Waals surface area contributed by atoms with Crippen LogP contribution in [0.15, 0.2) is 30.3 Å². The van der Waals surface area contributed by atoms with Gasteiger partial charge in [0.2, 0.25) is 11.8 Å². The summed E-state index contributed by atoms with van der Waals surface area (Å²) >= 11 is 0. The summed E-state index contributed by atoms with van der Waals surface area (Å²) in [5.74, 6) is -1.28. The Morgan fingerprint density at radius 3 is 2.74 bits per heavy atom. The van der Waals surface area contributed by atoms with Crippen molar-refractivity contribution < 1.29 is 19.1 Å². The van der Waals surface area contributed by atoms with E-state index in [9.17, 15) is 14.4 Å². The van der Waals surface area contributed by atoms with Gasteiger partial charge in [-0.2, -0.15) is 0 Å². The van der Waals surface area contributed by atoms with Gasteiger partial charge in [0.15, 0.2) is 0 Å². The number of cyclic esters (lactones) is 1. The molecule has 3 amide bonds. The number of nitrogens with one attached hydrogen (secondary N) is 1. The van der Waals surface area contributed by atoms with Crippen molar-refractivity contribution >= 4 is 17.9 Å². The summed E-state index contributed by atoms with van der Waals surface area (Å²) in [4.78, 5) is 37.8. The maximum Gasteiger partial charge on any atom is 0.416 e. The maximum atomic E-state index is 12.8. The number of benzene rings is 1. The number of rotatable bonds is 4. The molecular weight excluding hydrogens is 296 g/mol. The fourth-order valence-corrected chi connectivity index (χ4v) is 3.34. The number of hydrogen-bond donors (Lipinski definition) is 1. The van der Waals surface area contributed by atoms with Gasteiger partial charge in [-0.25, -0.2) is 9.69 Å². The molecule has 0 spiro atoms. The lowest BCUT2D eigenvalue weighted by atomic mass is 9.91. The first kappa shape index (κ1) is 15.5. The zero-order valence-electron chi connectivity index (χ0n) is 13.0. The number of amides is 3. The van der Waals surface area contributed by atoms with E-state index in [4.69, 9.17) is 4.74 Å². The highest BCUT2D eigenvalue weighted by molar-refractivity contribution is 5.98. The van der Waals surface area contributed by atoms with Crippen LogP contribution in [0.4, 0.5) is 4.79 Å². The molecule has 3 rings (SSSR count). The van der Waals surface area contributed by atoms with E-state index in [2.05, 4.69) is 5.32 Å². The molecule has 2 heterocycles. The summed E-state index contributed by atoms with van der Waals surface area (Å²) in [6.45, 7) is 2.36. The van der Waals surface area contributed by atoms with Gasteiger partial charge in [-0.05, 0) is 18.4 Å². The molecular formula is C17H20N2O4. The monoisotopic (exact) mass is 316 g/mol. The van der Waals surface area contributed by atoms with E-state index < -0.39 is 12.0 Å². The lowest BCUT2D eigenvalue weighted by Gasteiger charge is -2.24. The van der Waals surface area contributed by atoms with Crippen LogP contribution in [0.2, 0.25) is 0 Å². The second-order valence-electron chi connectivity index (χ2n) is 6.00. The van der Waals surface area contributed by atoms with Crippen molar-refractivity contribution in [1.82, 2.24) is 10.2 Å². The largest absolute Gasteiger partial charge is 0.447 e. The lowest BCUT2D eigenvalue weighted by molar-refractivity contribution is -0.136. The highest BCUT2D eigenvalue weighted by Gasteiger charge is 2.46. The zero-order chi connectivity index (χ0) is 16.4. The molecule has 23 heavy (non-hydrogen) atoms. The highest BCUT2D eigenvalue weighted by atomic mass is 16.6. The van der Waals surface area contributed by atoms with E-state index in [-0.39, 0.29) is 36.9 Å². The SMILES string of the molecule is CC[C@@H]1C(=O)NC[C@H]1C(=O)N1C(=O)OCC1Cc1ccccc1. The summed E-state index contributed by atoms with van der Waals surface area (Å²) in [7, 11) is 0. The molecule has 6 nitrogen and oxygen atoms in total. The van der Waals surface area contributed by atoms with E-state index in [1.165, 1.54) is 4.90 Å². The molecule has 3 atom stereocenters. The average Bonchev–Trinajstić information content (AvgIpc) is 3.10. The number of carbonyl (C=O) groups excluding carboxylic acids is 3. The van der Waals surface area contributed by atoms with Crippen LogP contribution in [-0.2, 0) is 20.7 Å². The molecule has 1 aromatic carbocycles. The van der Waals surface area contributed by atoms with E-state index in [0.717, 1.165) is 5.56 Å². The average molecular weight is 316 g/mol. The Bertz CT molecular complexity index is 616. The van der Waals surface area contributed by atoms with Crippen molar-refractivity contribution in [1.29, 1.82) is 0 Å². The topological polar surface area (TPSA) is 75.7 Å². The molecule has 1 N–H and O–H groups in total. The van der Waals surface area contributed by atoms with Gasteiger partial charge in [0.25, 0.3) is 0 Å². The van der Waals surface area contributed by atoms with Crippen LogP contribution < -0.4 is 5.32 Å². The first-order chi connectivity index (χ1) is 11.1. The van der Waals surface area contributed by atoms with E-state index in [0.29, 0.717) is 12.8 Å². The van der Waals surface area contributed by atoms with Crippen LogP contribution in [0.1, 0.15) is 18.9 Å². The first-order valence-electron chi connectivity index (χ1n) is 7.93. The molecule has 122 valence electrons. The first-order valence-corrected chi connectivity index (χ1v) is 7.93. The summed E-state index contributed by atoms with van der Waals surface area (Å²) < 4.78 is 5.09. The molecule has 2 saturated heterocycles. The van der Waals surface area contributed by atoms with Crippen molar-refractivity contribution in [2.45, 2.75) is 25.8 Å². The third-order valence-electron chi connectivity index (χ3n) is 4.59. The van der Waals surface area contributed by atoms with Crippen LogP contribution in [0.5, 0.6) is 0 Å². The van der Waals surface area contributed by atoms with Crippen LogP contribution in [0.3, 0.4) is 0 Å². The Kier molecular flexibility index (Phi) is 4.32. The highest BCUT2D eigenvalue weighted by Crippen LogP contribution is 2.27. The lowest BCUT2D eigenvalue weighted by Crippen LogP contribution is -2.45. The second kappa shape index (κ2) is 6.40. The number of imide groups is 1. The maximum absolute atomic E-state index is 12.8. The Labute approximate surface area is 134 Å². The molecule has 0 saturated carbocycles. The van der Waals surface area contributed by atoms with Crippen molar-refractivity contribution in [3.63, 3.8) is 0 Å². The Balaban J connectivity index is 1.77. The van der Waals surface area contributed by atoms with Crippen molar-refractivity contribution in [3.05, 3.63) is 35.9 Å². The molecule has 0 aliphatic carbocycles. The predicted octanol–water partition coefficient (Wildman–Crippen LogP) is 1.35. The predicted molar refractivity (Wildman–Crippen MR) is 82.4 cm³/mol. The Morgan fingerprint density at radius 1 is 1.30 bits per heavy atom. The van der Waals surface area contributed by atoms with Crippen LogP contribution >= 0.6 is 0 Å². The van der Waals surface area contributed by atoms with Gasteiger partial charge in [0.1, 0.15) is 6.61 Å². The van der Waals surface area contributed by atoms with Crippen LogP contribution in [0, 0.1) is 11.8 Å². The number of nitrogens with zero attached hydrogens (tertiary/aromatic N) is 1. The molecule has 1 aromatic rings. The third kappa shape index (κ3) is 2.93. The molecule has 1 unspecified atom stereocenters. The smallest absolute Gasteiger partial charge is 0.416 e. The van der Waals surface area contributed by atoms with Gasteiger partial charge < -0.3 is 10.1 Å². The zero-order valence-corrected chi connectivity index (χ0v) is 13.0. The van der Waals surface area contributed by atoms with Crippen molar-refractivity contribution in [3.8, 4) is 0 Å².